The number of benzene rings is 3. The van der Waals surface area contributed by atoms with E-state index in [2.05, 4.69) is 20.7 Å². The molecule has 166 valence electrons. The van der Waals surface area contributed by atoms with E-state index in [4.69, 9.17) is 23.2 Å². The zero-order chi connectivity index (χ0) is 23.2. The average Bonchev–Trinajstić information content (AvgIpc) is 3.25. The molecule has 1 N–H and O–H groups in total. The molecule has 0 aliphatic rings. The Hall–Kier alpha value is -3.13. The van der Waals surface area contributed by atoms with Crippen LogP contribution in [-0.4, -0.2) is 32.6 Å². The second-order valence-electron chi connectivity index (χ2n) is 7.06. The summed E-state index contributed by atoms with van der Waals surface area (Å²) in [5.74, 6) is 0.514. The fraction of sp³-hybridized carbons (Fsp3) is 0.0833. The molecule has 0 saturated carbocycles. The summed E-state index contributed by atoms with van der Waals surface area (Å²) in [6, 6.07) is 23.0. The topological polar surface area (TPSA) is 72.2 Å². The number of nitrogens with one attached hydrogen (secondary N) is 1. The maximum absolute atomic E-state index is 12.4. The number of hydrogen-bond donors (Lipinski definition) is 1. The summed E-state index contributed by atoms with van der Waals surface area (Å²) in [6.07, 6.45) is 1.43. The minimum absolute atomic E-state index is 0.104. The lowest BCUT2D eigenvalue weighted by molar-refractivity contribution is -0.118. The molecule has 1 aromatic heterocycles. The molecule has 6 nitrogen and oxygen atoms in total. The van der Waals surface area contributed by atoms with Gasteiger partial charge < -0.3 is 0 Å². The SMILES string of the molecule is Cc1ccc(-n2c(SCC(=O)N/N=C\c3c(Cl)cccc3Cl)nnc2-c2ccccc2)cc1. The lowest BCUT2D eigenvalue weighted by atomic mass is 10.2. The molecule has 0 radical (unpaired) electrons. The number of hydrogen-bond acceptors (Lipinski definition) is 5. The smallest absolute Gasteiger partial charge is 0.250 e. The molecule has 0 fully saturated rings. The Labute approximate surface area is 205 Å². The Bertz CT molecular complexity index is 1270. The Kier molecular flexibility index (Phi) is 7.44. The molecule has 33 heavy (non-hydrogen) atoms. The maximum Gasteiger partial charge on any atom is 0.250 e. The Morgan fingerprint density at radius 3 is 2.39 bits per heavy atom. The number of aryl methyl sites for hydroxylation is 1. The largest absolute Gasteiger partial charge is 0.272 e. The van der Waals surface area contributed by atoms with E-state index in [0.717, 1.165) is 16.8 Å². The molecule has 0 bridgehead atoms. The van der Waals surface area contributed by atoms with Gasteiger partial charge in [-0.25, -0.2) is 5.43 Å². The third kappa shape index (κ3) is 5.63. The van der Waals surface area contributed by atoms with Gasteiger partial charge in [0.05, 0.1) is 22.0 Å². The molecule has 1 heterocycles. The number of nitrogens with zero attached hydrogens (tertiary/aromatic N) is 4. The minimum atomic E-state index is -0.292. The fourth-order valence-corrected chi connectivity index (χ4v) is 4.27. The molecular formula is C24H19Cl2N5OS. The van der Waals surface area contributed by atoms with Crippen LogP contribution in [0.3, 0.4) is 0 Å². The highest BCUT2D eigenvalue weighted by atomic mass is 35.5. The van der Waals surface area contributed by atoms with Gasteiger partial charge in [-0.05, 0) is 31.2 Å². The Morgan fingerprint density at radius 2 is 1.70 bits per heavy atom. The fourth-order valence-electron chi connectivity index (χ4n) is 3.03. The zero-order valence-corrected chi connectivity index (χ0v) is 19.9. The lowest BCUT2D eigenvalue weighted by Gasteiger charge is -2.10. The van der Waals surface area contributed by atoms with Crippen LogP contribution in [0.1, 0.15) is 11.1 Å². The van der Waals surface area contributed by atoms with Crippen molar-refractivity contribution in [2.45, 2.75) is 12.1 Å². The van der Waals surface area contributed by atoms with Gasteiger partial charge >= 0.3 is 0 Å². The van der Waals surface area contributed by atoms with Gasteiger partial charge in [-0.1, -0.05) is 89.1 Å². The highest BCUT2D eigenvalue weighted by Crippen LogP contribution is 2.28. The number of carbonyl (C=O) groups is 1. The number of rotatable bonds is 7. The van der Waals surface area contributed by atoms with Gasteiger partial charge in [0.1, 0.15) is 0 Å². The first-order valence-electron chi connectivity index (χ1n) is 9.99. The first kappa shape index (κ1) is 23.0. The van der Waals surface area contributed by atoms with Crippen LogP contribution in [0.5, 0.6) is 0 Å². The number of hydrazone groups is 1. The zero-order valence-electron chi connectivity index (χ0n) is 17.6. The molecule has 1 amide bonds. The van der Waals surface area contributed by atoms with Crippen molar-refractivity contribution in [3.05, 3.63) is 94.0 Å². The predicted molar refractivity (Wildman–Crippen MR) is 134 cm³/mol. The Balaban J connectivity index is 1.51. The standard InChI is InChI=1S/C24H19Cl2N5OS/c1-16-10-12-18(13-11-16)31-23(17-6-3-2-4-7-17)29-30-24(31)33-15-22(32)28-27-14-19-20(25)8-5-9-21(19)26/h2-14H,15H2,1H3,(H,28,32)/b27-14-. The van der Waals surface area contributed by atoms with Gasteiger partial charge in [0.25, 0.3) is 5.91 Å². The maximum atomic E-state index is 12.4. The van der Waals surface area contributed by atoms with E-state index < -0.39 is 0 Å². The summed E-state index contributed by atoms with van der Waals surface area (Å²) >= 11 is 13.5. The van der Waals surface area contributed by atoms with Crippen LogP contribution in [-0.2, 0) is 4.79 Å². The summed E-state index contributed by atoms with van der Waals surface area (Å²) in [4.78, 5) is 12.4. The number of thioether (sulfide) groups is 1. The van der Waals surface area contributed by atoms with Gasteiger partial charge in [-0.15, -0.1) is 10.2 Å². The number of halogens is 2. The van der Waals surface area contributed by atoms with Crippen LogP contribution < -0.4 is 5.43 Å². The van der Waals surface area contributed by atoms with Gasteiger partial charge in [0, 0.05) is 16.8 Å². The molecule has 0 aliphatic carbocycles. The third-order valence-electron chi connectivity index (χ3n) is 4.67. The third-order valence-corrected chi connectivity index (χ3v) is 6.26. The van der Waals surface area contributed by atoms with Crippen LogP contribution in [0.2, 0.25) is 10.0 Å². The van der Waals surface area contributed by atoms with E-state index in [9.17, 15) is 4.79 Å². The summed E-state index contributed by atoms with van der Waals surface area (Å²) in [6.45, 7) is 2.03. The molecule has 0 saturated heterocycles. The van der Waals surface area contributed by atoms with Gasteiger partial charge in [-0.2, -0.15) is 5.10 Å². The van der Waals surface area contributed by atoms with Gasteiger partial charge in [0.15, 0.2) is 11.0 Å². The van der Waals surface area contributed by atoms with Crippen molar-refractivity contribution in [2.75, 3.05) is 5.75 Å². The van der Waals surface area contributed by atoms with Gasteiger partial charge in [-0.3, -0.25) is 9.36 Å². The predicted octanol–water partition coefficient (Wildman–Crippen LogP) is 5.79. The molecule has 0 spiro atoms. The van der Waals surface area contributed by atoms with Gasteiger partial charge in [0.2, 0.25) is 0 Å². The van der Waals surface area contributed by atoms with Crippen molar-refractivity contribution >= 4 is 47.1 Å². The molecule has 4 aromatic rings. The molecule has 0 atom stereocenters. The van der Waals surface area contributed by atoms with Crippen molar-refractivity contribution < 1.29 is 4.79 Å². The van der Waals surface area contributed by atoms with Crippen LogP contribution in [0.25, 0.3) is 17.1 Å². The summed E-state index contributed by atoms with van der Waals surface area (Å²) in [5.41, 5.74) is 6.04. The number of aromatic nitrogens is 3. The van der Waals surface area contributed by atoms with Crippen molar-refractivity contribution in [1.82, 2.24) is 20.2 Å². The first-order chi connectivity index (χ1) is 16.0. The molecule has 4 rings (SSSR count). The Morgan fingerprint density at radius 1 is 1.00 bits per heavy atom. The molecule has 3 aromatic carbocycles. The second-order valence-corrected chi connectivity index (χ2v) is 8.82. The number of carbonyl (C=O) groups excluding carboxylic acids is 1. The van der Waals surface area contributed by atoms with Crippen LogP contribution in [0, 0.1) is 6.92 Å². The van der Waals surface area contributed by atoms with Crippen molar-refractivity contribution in [3.8, 4) is 17.1 Å². The second kappa shape index (κ2) is 10.7. The highest BCUT2D eigenvalue weighted by Gasteiger charge is 2.17. The summed E-state index contributed by atoms with van der Waals surface area (Å²) in [5, 5.41) is 14.2. The number of amides is 1. The summed E-state index contributed by atoms with van der Waals surface area (Å²) < 4.78 is 1.94. The molecular weight excluding hydrogens is 477 g/mol. The molecule has 9 heteroatoms. The summed E-state index contributed by atoms with van der Waals surface area (Å²) in [7, 11) is 0. The van der Waals surface area contributed by atoms with Crippen molar-refractivity contribution in [2.24, 2.45) is 5.10 Å². The average molecular weight is 496 g/mol. The van der Waals surface area contributed by atoms with E-state index in [1.54, 1.807) is 18.2 Å². The van der Waals surface area contributed by atoms with Crippen LogP contribution >= 0.6 is 35.0 Å². The normalized spacial score (nSPS) is 11.1. The highest BCUT2D eigenvalue weighted by molar-refractivity contribution is 7.99. The first-order valence-corrected chi connectivity index (χ1v) is 11.7. The monoisotopic (exact) mass is 495 g/mol. The van der Waals surface area contributed by atoms with E-state index in [-0.39, 0.29) is 11.7 Å². The van der Waals surface area contributed by atoms with E-state index in [1.165, 1.54) is 18.0 Å². The quantitative estimate of drug-likeness (QED) is 0.200. The van der Waals surface area contributed by atoms with E-state index in [0.29, 0.717) is 26.6 Å². The van der Waals surface area contributed by atoms with E-state index in [1.807, 2.05) is 66.1 Å². The minimum Gasteiger partial charge on any atom is -0.272 e. The van der Waals surface area contributed by atoms with Crippen molar-refractivity contribution in [3.63, 3.8) is 0 Å². The van der Waals surface area contributed by atoms with E-state index >= 15 is 0 Å². The lowest BCUT2D eigenvalue weighted by Crippen LogP contribution is -2.20. The molecule has 0 aliphatic heterocycles. The van der Waals surface area contributed by atoms with Crippen molar-refractivity contribution in [1.29, 1.82) is 0 Å². The molecule has 0 unspecified atom stereocenters. The van der Waals surface area contributed by atoms with Crippen LogP contribution in [0.15, 0.2) is 83.1 Å². The van der Waals surface area contributed by atoms with Crippen LogP contribution in [0.4, 0.5) is 0 Å².